The Morgan fingerprint density at radius 3 is 2.56 bits per heavy atom. The van der Waals surface area contributed by atoms with E-state index < -0.39 is 5.60 Å². The smallest absolute Gasteiger partial charge is 0.172 e. The molecule has 2 heterocycles. The summed E-state index contributed by atoms with van der Waals surface area (Å²) < 4.78 is 11.3. The maximum Gasteiger partial charge on any atom is 0.172 e. The van der Waals surface area contributed by atoms with Crippen molar-refractivity contribution >= 4 is 5.78 Å². The molecule has 0 saturated carbocycles. The number of rotatable bonds is 3. The highest BCUT2D eigenvalue weighted by atomic mass is 16.5. The zero-order valence-electron chi connectivity index (χ0n) is 11.9. The van der Waals surface area contributed by atoms with Crippen molar-refractivity contribution in [3.05, 3.63) is 23.7 Å². The predicted octanol–water partition coefficient (Wildman–Crippen LogP) is 3.62. The Bertz CT molecular complexity index is 454. The summed E-state index contributed by atoms with van der Waals surface area (Å²) in [5, 5.41) is 0. The molecule has 0 N–H and O–H groups in total. The topological polar surface area (TPSA) is 39.4 Å². The van der Waals surface area contributed by atoms with Gasteiger partial charge < -0.3 is 9.15 Å². The average molecular weight is 250 g/mol. The summed E-state index contributed by atoms with van der Waals surface area (Å²) in [6, 6.07) is 1.78. The van der Waals surface area contributed by atoms with E-state index in [0.717, 1.165) is 24.2 Å². The number of ether oxygens (including phenoxy) is 1. The molecule has 3 heteroatoms. The summed E-state index contributed by atoms with van der Waals surface area (Å²) in [6.07, 6.45) is 3.10. The van der Waals surface area contributed by atoms with Crippen molar-refractivity contribution in [1.82, 2.24) is 0 Å². The molecule has 1 aliphatic heterocycles. The van der Waals surface area contributed by atoms with E-state index in [1.165, 1.54) is 0 Å². The van der Waals surface area contributed by atoms with E-state index in [1.807, 2.05) is 34.6 Å². The number of hydrogen-bond donors (Lipinski definition) is 0. The molecule has 2 rings (SSSR count). The van der Waals surface area contributed by atoms with E-state index in [4.69, 9.17) is 9.15 Å². The van der Waals surface area contributed by atoms with E-state index in [0.29, 0.717) is 0 Å². The molecule has 0 bridgehead atoms. The van der Waals surface area contributed by atoms with Crippen molar-refractivity contribution in [2.45, 2.75) is 58.7 Å². The first-order valence-corrected chi connectivity index (χ1v) is 6.57. The van der Waals surface area contributed by atoms with E-state index in [9.17, 15) is 4.79 Å². The number of carbonyl (C=O) groups excluding carboxylic acids is 1. The molecule has 1 saturated heterocycles. The molecule has 1 aromatic heterocycles. The van der Waals surface area contributed by atoms with Crippen LogP contribution in [-0.4, -0.2) is 17.0 Å². The molecule has 0 aliphatic carbocycles. The first-order chi connectivity index (χ1) is 8.27. The monoisotopic (exact) mass is 250 g/mol. The van der Waals surface area contributed by atoms with Gasteiger partial charge in [-0.25, -0.2) is 0 Å². The van der Waals surface area contributed by atoms with Crippen LogP contribution in [-0.2, 0) is 11.2 Å². The van der Waals surface area contributed by atoms with Crippen LogP contribution >= 0.6 is 0 Å². The molecular formula is C15H22O3. The second kappa shape index (κ2) is 4.23. The van der Waals surface area contributed by atoms with Gasteiger partial charge in [0.25, 0.3) is 0 Å². The molecule has 100 valence electrons. The largest absolute Gasteiger partial charge is 0.469 e. The number of aryl methyl sites for hydroxylation is 1. The zero-order chi connectivity index (χ0) is 13.6. The van der Waals surface area contributed by atoms with Crippen LogP contribution < -0.4 is 0 Å². The van der Waals surface area contributed by atoms with Crippen LogP contribution in [0.1, 0.15) is 57.2 Å². The molecule has 1 aromatic rings. The fraction of sp³-hybridized carbons (Fsp3) is 0.667. The Morgan fingerprint density at radius 2 is 2.06 bits per heavy atom. The van der Waals surface area contributed by atoms with Gasteiger partial charge >= 0.3 is 0 Å². The molecule has 18 heavy (non-hydrogen) atoms. The number of Topliss-reactive ketones (excluding diaryl/α,β-unsaturated/α-hetero) is 1. The standard InChI is InChI=1S/C15H22O3/c1-6-12-10(7-8-17-12)13(16)11-9-14(2,3)18-15(11,4)5/h7-8,11H,6,9H2,1-5H3. The lowest BCUT2D eigenvalue weighted by molar-refractivity contribution is -0.0712. The Labute approximate surface area is 109 Å². The normalized spacial score (nSPS) is 25.3. The van der Waals surface area contributed by atoms with Crippen LogP contribution in [0.3, 0.4) is 0 Å². The van der Waals surface area contributed by atoms with Gasteiger partial charge in [0.05, 0.1) is 28.9 Å². The zero-order valence-corrected chi connectivity index (χ0v) is 11.9. The summed E-state index contributed by atoms with van der Waals surface area (Å²) in [6.45, 7) is 10.1. The molecule has 0 amide bonds. The fourth-order valence-electron chi connectivity index (χ4n) is 2.99. The minimum absolute atomic E-state index is 0.101. The van der Waals surface area contributed by atoms with Crippen molar-refractivity contribution in [2.75, 3.05) is 0 Å². The maximum absolute atomic E-state index is 12.7. The van der Waals surface area contributed by atoms with Gasteiger partial charge in [0.15, 0.2) is 5.78 Å². The van der Waals surface area contributed by atoms with Gasteiger partial charge in [-0.15, -0.1) is 0 Å². The Morgan fingerprint density at radius 1 is 1.39 bits per heavy atom. The maximum atomic E-state index is 12.7. The highest BCUT2D eigenvalue weighted by molar-refractivity contribution is 5.99. The van der Waals surface area contributed by atoms with Crippen molar-refractivity contribution in [3.8, 4) is 0 Å². The van der Waals surface area contributed by atoms with Crippen molar-refractivity contribution in [2.24, 2.45) is 5.92 Å². The highest BCUT2D eigenvalue weighted by Gasteiger charge is 2.49. The highest BCUT2D eigenvalue weighted by Crippen LogP contribution is 2.43. The summed E-state index contributed by atoms with van der Waals surface area (Å²) in [7, 11) is 0. The molecule has 1 atom stereocenters. The van der Waals surface area contributed by atoms with E-state index in [-0.39, 0.29) is 17.3 Å². The van der Waals surface area contributed by atoms with Crippen LogP contribution in [0.4, 0.5) is 0 Å². The predicted molar refractivity (Wildman–Crippen MR) is 69.8 cm³/mol. The molecular weight excluding hydrogens is 228 g/mol. The Balaban J connectivity index is 2.30. The second-order valence-electron chi connectivity index (χ2n) is 6.20. The van der Waals surface area contributed by atoms with Gasteiger partial charge in [0, 0.05) is 6.42 Å². The minimum atomic E-state index is -0.414. The van der Waals surface area contributed by atoms with Crippen LogP contribution in [0.5, 0.6) is 0 Å². The lowest BCUT2D eigenvalue weighted by Crippen LogP contribution is -2.34. The van der Waals surface area contributed by atoms with Gasteiger partial charge in [-0.1, -0.05) is 6.92 Å². The lowest BCUT2D eigenvalue weighted by atomic mass is 9.81. The molecule has 1 fully saturated rings. The molecule has 1 unspecified atom stereocenters. The van der Waals surface area contributed by atoms with Gasteiger partial charge in [-0.2, -0.15) is 0 Å². The average Bonchev–Trinajstić information content (AvgIpc) is 2.78. The molecule has 3 nitrogen and oxygen atoms in total. The Kier molecular flexibility index (Phi) is 3.14. The molecule has 0 radical (unpaired) electrons. The SMILES string of the molecule is CCc1occc1C(=O)C1CC(C)(C)OC1(C)C. The van der Waals surface area contributed by atoms with Gasteiger partial charge in [0.2, 0.25) is 0 Å². The molecule has 0 aromatic carbocycles. The third-order valence-electron chi connectivity index (χ3n) is 3.72. The summed E-state index contributed by atoms with van der Waals surface area (Å²) >= 11 is 0. The van der Waals surface area contributed by atoms with Crippen LogP contribution in [0.25, 0.3) is 0 Å². The van der Waals surface area contributed by atoms with Crippen molar-refractivity contribution in [3.63, 3.8) is 0 Å². The minimum Gasteiger partial charge on any atom is -0.469 e. The second-order valence-corrected chi connectivity index (χ2v) is 6.20. The number of carbonyl (C=O) groups is 1. The van der Waals surface area contributed by atoms with Crippen LogP contribution in [0, 0.1) is 5.92 Å². The molecule has 0 spiro atoms. The number of furan rings is 1. The van der Waals surface area contributed by atoms with E-state index >= 15 is 0 Å². The van der Waals surface area contributed by atoms with Gasteiger partial charge in [0.1, 0.15) is 5.76 Å². The fourth-order valence-corrected chi connectivity index (χ4v) is 2.99. The third kappa shape index (κ3) is 2.24. The first-order valence-electron chi connectivity index (χ1n) is 6.57. The van der Waals surface area contributed by atoms with E-state index in [1.54, 1.807) is 12.3 Å². The van der Waals surface area contributed by atoms with Crippen LogP contribution in [0.15, 0.2) is 16.7 Å². The number of hydrogen-bond acceptors (Lipinski definition) is 3. The van der Waals surface area contributed by atoms with Gasteiger partial charge in [-0.3, -0.25) is 4.79 Å². The van der Waals surface area contributed by atoms with E-state index in [2.05, 4.69) is 0 Å². The molecule has 1 aliphatic rings. The first kappa shape index (κ1) is 13.3. The summed E-state index contributed by atoms with van der Waals surface area (Å²) in [5.41, 5.74) is 0.0693. The third-order valence-corrected chi connectivity index (χ3v) is 3.72. The Hall–Kier alpha value is -1.09. The van der Waals surface area contributed by atoms with Crippen molar-refractivity contribution in [1.29, 1.82) is 0 Å². The lowest BCUT2D eigenvalue weighted by Gasteiger charge is -2.26. The quantitative estimate of drug-likeness (QED) is 0.769. The number of ketones is 1. The van der Waals surface area contributed by atoms with Gasteiger partial charge in [-0.05, 0) is 40.2 Å². The summed E-state index contributed by atoms with van der Waals surface area (Å²) in [4.78, 5) is 12.7. The van der Waals surface area contributed by atoms with Crippen molar-refractivity contribution < 1.29 is 13.9 Å². The summed E-state index contributed by atoms with van der Waals surface area (Å²) in [5.74, 6) is 0.826. The van der Waals surface area contributed by atoms with Crippen LogP contribution in [0.2, 0.25) is 0 Å².